The lowest BCUT2D eigenvalue weighted by molar-refractivity contribution is -0.135. The highest BCUT2D eigenvalue weighted by Gasteiger charge is 2.34. The SMILES string of the molecule is CN(CC(O)c1ccc(O)cc1)C(=O)CN1C(=O)/C(=C\c2ccccc2Cl)SC1=S. The van der Waals surface area contributed by atoms with E-state index in [1.165, 1.54) is 21.9 Å². The van der Waals surface area contributed by atoms with E-state index in [2.05, 4.69) is 0 Å². The third-order valence-corrected chi connectivity index (χ3v) is 6.23. The fourth-order valence-corrected chi connectivity index (χ4v) is 4.23. The van der Waals surface area contributed by atoms with Crippen molar-refractivity contribution < 1.29 is 19.8 Å². The third-order valence-electron chi connectivity index (χ3n) is 4.51. The van der Waals surface area contributed by atoms with Gasteiger partial charge in [0.05, 0.1) is 17.6 Å². The number of amides is 2. The van der Waals surface area contributed by atoms with E-state index in [-0.39, 0.29) is 30.7 Å². The molecule has 2 amide bonds. The lowest BCUT2D eigenvalue weighted by atomic mass is 10.1. The van der Waals surface area contributed by atoms with Crippen LogP contribution in [-0.4, -0.2) is 56.3 Å². The second-order valence-electron chi connectivity index (χ2n) is 6.67. The van der Waals surface area contributed by atoms with Gasteiger partial charge in [-0.1, -0.05) is 65.9 Å². The standard InChI is InChI=1S/C21H19ClN2O4S2/c1-23(11-17(26)13-6-8-15(25)9-7-13)19(27)12-24-20(28)18(30-21(24)29)10-14-4-2-3-5-16(14)22/h2-10,17,25-26H,11-12H2,1H3/b18-10+. The van der Waals surface area contributed by atoms with Crippen molar-refractivity contribution in [2.24, 2.45) is 0 Å². The Morgan fingerprint density at radius 3 is 2.60 bits per heavy atom. The van der Waals surface area contributed by atoms with E-state index in [9.17, 15) is 19.8 Å². The molecule has 1 unspecified atom stereocenters. The minimum Gasteiger partial charge on any atom is -0.508 e. The Hall–Kier alpha value is -2.39. The number of phenolic OH excluding ortho intramolecular Hbond substituents is 1. The maximum absolute atomic E-state index is 12.7. The quantitative estimate of drug-likeness (QED) is 0.505. The number of phenols is 1. The summed E-state index contributed by atoms with van der Waals surface area (Å²) in [6, 6.07) is 13.2. The zero-order valence-corrected chi connectivity index (χ0v) is 18.4. The molecule has 0 bridgehead atoms. The minimum atomic E-state index is -0.925. The van der Waals surface area contributed by atoms with Crippen molar-refractivity contribution in [3.05, 3.63) is 69.6 Å². The zero-order valence-electron chi connectivity index (χ0n) is 16.0. The van der Waals surface area contributed by atoms with E-state index in [1.54, 1.807) is 43.5 Å². The molecule has 3 rings (SSSR count). The summed E-state index contributed by atoms with van der Waals surface area (Å²) >= 11 is 12.5. The first kappa shape index (κ1) is 22.3. The summed E-state index contributed by atoms with van der Waals surface area (Å²) in [5, 5.41) is 20.2. The summed E-state index contributed by atoms with van der Waals surface area (Å²) < 4.78 is 0.291. The number of aliphatic hydroxyl groups excluding tert-OH is 1. The van der Waals surface area contributed by atoms with Crippen LogP contribution in [0, 0.1) is 0 Å². The van der Waals surface area contributed by atoms with Crippen LogP contribution in [-0.2, 0) is 9.59 Å². The fourth-order valence-electron chi connectivity index (χ4n) is 2.79. The van der Waals surface area contributed by atoms with Gasteiger partial charge in [-0.25, -0.2) is 0 Å². The van der Waals surface area contributed by atoms with Crippen LogP contribution in [0.4, 0.5) is 0 Å². The van der Waals surface area contributed by atoms with Crippen LogP contribution in [0.25, 0.3) is 6.08 Å². The predicted octanol–water partition coefficient (Wildman–Crippen LogP) is 3.44. The number of benzene rings is 2. The number of halogens is 1. The molecule has 0 spiro atoms. The molecule has 0 aliphatic carbocycles. The van der Waals surface area contributed by atoms with Gasteiger partial charge in [0, 0.05) is 12.1 Å². The van der Waals surface area contributed by atoms with Crippen LogP contribution in [0.5, 0.6) is 5.75 Å². The number of hydrogen-bond donors (Lipinski definition) is 2. The van der Waals surface area contributed by atoms with E-state index in [1.807, 2.05) is 6.07 Å². The Kier molecular flexibility index (Phi) is 7.14. The Bertz CT molecular complexity index is 1010. The summed E-state index contributed by atoms with van der Waals surface area (Å²) in [6.07, 6.45) is 0.732. The van der Waals surface area contributed by atoms with Crippen LogP contribution in [0.1, 0.15) is 17.2 Å². The molecule has 0 saturated carbocycles. The Morgan fingerprint density at radius 2 is 1.93 bits per heavy atom. The molecule has 1 aliphatic rings. The number of nitrogens with zero attached hydrogens (tertiary/aromatic N) is 2. The van der Waals surface area contributed by atoms with Gasteiger partial charge in [0.25, 0.3) is 5.91 Å². The summed E-state index contributed by atoms with van der Waals surface area (Å²) in [5.74, 6) is -0.622. The van der Waals surface area contributed by atoms with Gasteiger partial charge < -0.3 is 15.1 Å². The number of aliphatic hydroxyl groups is 1. The molecule has 2 N–H and O–H groups in total. The number of carbonyl (C=O) groups is 2. The normalized spacial score (nSPS) is 16.2. The number of carbonyl (C=O) groups excluding carboxylic acids is 2. The molecular weight excluding hydrogens is 444 g/mol. The van der Waals surface area contributed by atoms with Gasteiger partial charge in [0.2, 0.25) is 5.91 Å². The molecule has 156 valence electrons. The van der Waals surface area contributed by atoms with E-state index in [4.69, 9.17) is 23.8 Å². The predicted molar refractivity (Wildman–Crippen MR) is 122 cm³/mol. The number of thioether (sulfide) groups is 1. The monoisotopic (exact) mass is 462 g/mol. The smallest absolute Gasteiger partial charge is 0.266 e. The summed E-state index contributed by atoms with van der Waals surface area (Å²) in [6.45, 7) is -0.183. The fraction of sp³-hybridized carbons (Fsp3) is 0.190. The summed E-state index contributed by atoms with van der Waals surface area (Å²) in [7, 11) is 1.54. The average molecular weight is 463 g/mol. The second-order valence-corrected chi connectivity index (χ2v) is 8.75. The molecule has 1 atom stereocenters. The van der Waals surface area contributed by atoms with Crippen molar-refractivity contribution in [2.45, 2.75) is 6.10 Å². The van der Waals surface area contributed by atoms with Crippen molar-refractivity contribution in [1.29, 1.82) is 0 Å². The van der Waals surface area contributed by atoms with Gasteiger partial charge in [-0.05, 0) is 35.4 Å². The molecule has 1 aliphatic heterocycles. The van der Waals surface area contributed by atoms with Gasteiger partial charge in [-0.3, -0.25) is 14.5 Å². The average Bonchev–Trinajstić information content (AvgIpc) is 2.97. The maximum Gasteiger partial charge on any atom is 0.266 e. The van der Waals surface area contributed by atoms with Gasteiger partial charge in [0.1, 0.15) is 16.6 Å². The number of thiocarbonyl (C=S) groups is 1. The Balaban J connectivity index is 1.64. The van der Waals surface area contributed by atoms with Crippen molar-refractivity contribution >= 4 is 57.8 Å². The highest BCUT2D eigenvalue weighted by Crippen LogP contribution is 2.33. The van der Waals surface area contributed by atoms with Crippen molar-refractivity contribution in [2.75, 3.05) is 20.1 Å². The Labute approximate surface area is 188 Å². The van der Waals surface area contributed by atoms with Crippen molar-refractivity contribution in [3.8, 4) is 5.75 Å². The molecule has 2 aromatic carbocycles. The molecule has 0 radical (unpaired) electrons. The van der Waals surface area contributed by atoms with Gasteiger partial charge in [-0.15, -0.1) is 0 Å². The van der Waals surface area contributed by atoms with Crippen molar-refractivity contribution in [1.82, 2.24) is 9.80 Å². The highest BCUT2D eigenvalue weighted by atomic mass is 35.5. The molecule has 1 saturated heterocycles. The van der Waals surface area contributed by atoms with Gasteiger partial charge in [0.15, 0.2) is 0 Å². The number of rotatable bonds is 6. The lowest BCUT2D eigenvalue weighted by Crippen LogP contribution is -2.41. The molecule has 30 heavy (non-hydrogen) atoms. The van der Waals surface area contributed by atoms with E-state index < -0.39 is 6.10 Å². The van der Waals surface area contributed by atoms with Crippen LogP contribution in [0.2, 0.25) is 5.02 Å². The first-order valence-corrected chi connectivity index (χ1v) is 10.6. The molecular formula is C21H19ClN2O4S2. The van der Waals surface area contributed by atoms with Crippen LogP contribution >= 0.6 is 35.6 Å². The number of likely N-dealkylation sites (N-methyl/N-ethyl adjacent to an activating group) is 1. The third kappa shape index (κ3) is 5.20. The maximum atomic E-state index is 12.7. The van der Waals surface area contributed by atoms with Crippen LogP contribution < -0.4 is 0 Å². The number of aromatic hydroxyl groups is 1. The van der Waals surface area contributed by atoms with Crippen LogP contribution in [0.15, 0.2) is 53.4 Å². The molecule has 6 nitrogen and oxygen atoms in total. The summed E-state index contributed by atoms with van der Waals surface area (Å²) in [5.41, 5.74) is 1.26. The number of hydrogen-bond acceptors (Lipinski definition) is 6. The minimum absolute atomic E-state index is 0.0356. The van der Waals surface area contributed by atoms with E-state index in [0.717, 1.165) is 11.8 Å². The molecule has 0 aromatic heterocycles. The zero-order chi connectivity index (χ0) is 21.8. The Morgan fingerprint density at radius 1 is 1.27 bits per heavy atom. The molecule has 1 heterocycles. The molecule has 9 heteroatoms. The largest absolute Gasteiger partial charge is 0.508 e. The first-order chi connectivity index (χ1) is 14.3. The molecule has 2 aromatic rings. The van der Waals surface area contributed by atoms with Gasteiger partial charge in [-0.2, -0.15) is 0 Å². The van der Waals surface area contributed by atoms with E-state index in [0.29, 0.717) is 25.4 Å². The molecule has 1 fully saturated rings. The second kappa shape index (κ2) is 9.61. The summed E-state index contributed by atoms with van der Waals surface area (Å²) in [4.78, 5) is 28.3. The highest BCUT2D eigenvalue weighted by molar-refractivity contribution is 8.26. The van der Waals surface area contributed by atoms with Gasteiger partial charge >= 0.3 is 0 Å². The van der Waals surface area contributed by atoms with Crippen LogP contribution in [0.3, 0.4) is 0 Å². The topological polar surface area (TPSA) is 81.1 Å². The first-order valence-electron chi connectivity index (χ1n) is 8.97. The lowest BCUT2D eigenvalue weighted by Gasteiger charge is -2.23. The van der Waals surface area contributed by atoms with Crippen molar-refractivity contribution in [3.63, 3.8) is 0 Å². The van der Waals surface area contributed by atoms with E-state index >= 15 is 0 Å².